The van der Waals surface area contributed by atoms with Gasteiger partial charge in [-0.25, -0.2) is 4.98 Å². The van der Waals surface area contributed by atoms with Crippen LogP contribution in [0.1, 0.15) is 25.5 Å². The number of thioether (sulfide) groups is 1. The van der Waals surface area contributed by atoms with Crippen molar-refractivity contribution in [1.82, 2.24) is 14.5 Å². The molecule has 1 heterocycles. The number of carbonyl (C=O) groups excluding carboxylic acids is 1. The summed E-state index contributed by atoms with van der Waals surface area (Å²) in [4.78, 5) is 32.5. The van der Waals surface area contributed by atoms with Gasteiger partial charge in [-0.2, -0.15) is 0 Å². The summed E-state index contributed by atoms with van der Waals surface area (Å²) in [5.74, 6) is -0.0165. The summed E-state index contributed by atoms with van der Waals surface area (Å²) in [6, 6.07) is 16.9. The van der Waals surface area contributed by atoms with Crippen LogP contribution in [0.3, 0.4) is 0 Å². The van der Waals surface area contributed by atoms with Crippen LogP contribution in [0.5, 0.6) is 0 Å². The SMILES string of the molecule is COCC(C)n1c(SC(C)C(=O)N(C)Cc2ccccc2)nc2ccccc2c1=O. The molecule has 2 atom stereocenters. The van der Waals surface area contributed by atoms with Gasteiger partial charge in [0.25, 0.3) is 5.56 Å². The van der Waals surface area contributed by atoms with Gasteiger partial charge < -0.3 is 9.64 Å². The van der Waals surface area contributed by atoms with Crippen molar-refractivity contribution in [3.63, 3.8) is 0 Å². The Morgan fingerprint density at radius 1 is 1.13 bits per heavy atom. The first-order valence-corrected chi connectivity index (χ1v) is 10.8. The first kappa shape index (κ1) is 22.1. The van der Waals surface area contributed by atoms with Gasteiger partial charge in [-0.3, -0.25) is 14.2 Å². The summed E-state index contributed by atoms with van der Waals surface area (Å²) >= 11 is 1.31. The molecule has 0 aliphatic carbocycles. The maximum absolute atomic E-state index is 13.2. The molecule has 30 heavy (non-hydrogen) atoms. The molecule has 3 rings (SSSR count). The van der Waals surface area contributed by atoms with Crippen LogP contribution >= 0.6 is 11.8 Å². The summed E-state index contributed by atoms with van der Waals surface area (Å²) in [5, 5.41) is 0.690. The summed E-state index contributed by atoms with van der Waals surface area (Å²) < 4.78 is 6.90. The minimum absolute atomic E-state index is 0.0165. The molecular formula is C23H27N3O3S. The summed E-state index contributed by atoms with van der Waals surface area (Å²) in [6.07, 6.45) is 0. The Morgan fingerprint density at radius 2 is 1.80 bits per heavy atom. The molecule has 0 fully saturated rings. The quantitative estimate of drug-likeness (QED) is 0.406. The highest BCUT2D eigenvalue weighted by molar-refractivity contribution is 8.00. The Hall–Kier alpha value is -2.64. The van der Waals surface area contributed by atoms with Gasteiger partial charge in [0.1, 0.15) is 0 Å². The van der Waals surface area contributed by atoms with Crippen LogP contribution in [0, 0.1) is 0 Å². The predicted molar refractivity (Wildman–Crippen MR) is 121 cm³/mol. The molecule has 0 spiro atoms. The molecule has 0 saturated carbocycles. The molecule has 0 N–H and O–H groups in total. The number of hydrogen-bond donors (Lipinski definition) is 0. The smallest absolute Gasteiger partial charge is 0.262 e. The van der Waals surface area contributed by atoms with Gasteiger partial charge in [0.05, 0.1) is 28.8 Å². The molecule has 1 aromatic heterocycles. The highest BCUT2D eigenvalue weighted by atomic mass is 32.2. The van der Waals surface area contributed by atoms with Gasteiger partial charge in [0, 0.05) is 20.7 Å². The summed E-state index contributed by atoms with van der Waals surface area (Å²) in [6.45, 7) is 4.67. The zero-order valence-corrected chi connectivity index (χ0v) is 18.6. The third-order valence-corrected chi connectivity index (χ3v) is 5.95. The fourth-order valence-corrected chi connectivity index (χ4v) is 4.49. The number of nitrogens with zero attached hydrogens (tertiary/aromatic N) is 3. The van der Waals surface area contributed by atoms with Crippen LogP contribution in [0.4, 0.5) is 0 Å². The minimum atomic E-state index is -0.396. The number of para-hydroxylation sites is 1. The van der Waals surface area contributed by atoms with Gasteiger partial charge in [-0.15, -0.1) is 0 Å². The molecule has 0 aliphatic rings. The number of hydrogen-bond acceptors (Lipinski definition) is 5. The van der Waals surface area contributed by atoms with Crippen LogP contribution in [-0.2, 0) is 16.1 Å². The lowest BCUT2D eigenvalue weighted by Gasteiger charge is -2.23. The van der Waals surface area contributed by atoms with E-state index < -0.39 is 5.25 Å². The second kappa shape index (κ2) is 9.91. The predicted octanol–water partition coefficient (Wildman–Crippen LogP) is 3.74. The lowest BCUT2D eigenvalue weighted by Crippen LogP contribution is -2.34. The third-order valence-electron chi connectivity index (χ3n) is 4.89. The second-order valence-electron chi connectivity index (χ2n) is 7.33. The van der Waals surface area contributed by atoms with Crippen LogP contribution < -0.4 is 5.56 Å². The Bertz CT molecular complexity index is 1070. The minimum Gasteiger partial charge on any atom is -0.383 e. The van der Waals surface area contributed by atoms with Crippen molar-refractivity contribution in [2.75, 3.05) is 20.8 Å². The number of fused-ring (bicyclic) bond motifs is 1. The Morgan fingerprint density at radius 3 is 2.50 bits per heavy atom. The van der Waals surface area contributed by atoms with E-state index >= 15 is 0 Å². The van der Waals surface area contributed by atoms with Crippen molar-refractivity contribution >= 4 is 28.6 Å². The average molecular weight is 426 g/mol. The fourth-order valence-electron chi connectivity index (χ4n) is 3.37. The second-order valence-corrected chi connectivity index (χ2v) is 8.64. The van der Waals surface area contributed by atoms with Crippen LogP contribution in [0.2, 0.25) is 0 Å². The highest BCUT2D eigenvalue weighted by Gasteiger charge is 2.24. The monoisotopic (exact) mass is 425 g/mol. The number of ether oxygens (including phenoxy) is 1. The number of methoxy groups -OCH3 is 1. The molecular weight excluding hydrogens is 398 g/mol. The van der Waals surface area contributed by atoms with Crippen molar-refractivity contribution in [3.05, 3.63) is 70.5 Å². The zero-order chi connectivity index (χ0) is 21.7. The first-order chi connectivity index (χ1) is 14.4. The van der Waals surface area contributed by atoms with E-state index in [9.17, 15) is 9.59 Å². The molecule has 0 saturated heterocycles. The Labute approximate surface area is 180 Å². The van der Waals surface area contributed by atoms with E-state index in [0.29, 0.717) is 29.2 Å². The first-order valence-electron chi connectivity index (χ1n) is 9.88. The molecule has 7 heteroatoms. The summed E-state index contributed by atoms with van der Waals surface area (Å²) in [5.41, 5.74) is 1.58. The molecule has 3 aromatic rings. The van der Waals surface area contributed by atoms with Crippen LogP contribution in [0.15, 0.2) is 64.5 Å². The molecule has 1 amide bonds. The molecule has 0 aliphatic heterocycles. The maximum Gasteiger partial charge on any atom is 0.262 e. The largest absolute Gasteiger partial charge is 0.383 e. The van der Waals surface area contributed by atoms with E-state index in [1.165, 1.54) is 11.8 Å². The lowest BCUT2D eigenvalue weighted by atomic mass is 10.2. The fraction of sp³-hybridized carbons (Fsp3) is 0.348. The average Bonchev–Trinajstić information content (AvgIpc) is 2.74. The van der Waals surface area contributed by atoms with Gasteiger partial charge in [-0.1, -0.05) is 54.2 Å². The van der Waals surface area contributed by atoms with E-state index in [-0.39, 0.29) is 17.5 Å². The van der Waals surface area contributed by atoms with Crippen molar-refractivity contribution in [2.24, 2.45) is 0 Å². The standard InChI is InChI=1S/C23H27N3O3S/c1-16(15-29-4)26-22(28)19-12-8-9-13-20(19)24-23(26)30-17(2)21(27)25(3)14-18-10-6-5-7-11-18/h5-13,16-17H,14-15H2,1-4H3. The topological polar surface area (TPSA) is 64.4 Å². The van der Waals surface area contributed by atoms with E-state index in [0.717, 1.165) is 5.56 Å². The van der Waals surface area contributed by atoms with Crippen molar-refractivity contribution < 1.29 is 9.53 Å². The Kier molecular flexibility index (Phi) is 7.29. The van der Waals surface area contributed by atoms with Crippen LogP contribution in [0.25, 0.3) is 10.9 Å². The number of aromatic nitrogens is 2. The molecule has 158 valence electrons. The molecule has 0 radical (unpaired) electrons. The third kappa shape index (κ3) is 4.91. The van der Waals surface area contributed by atoms with E-state index in [2.05, 4.69) is 0 Å². The van der Waals surface area contributed by atoms with E-state index in [1.54, 1.807) is 29.7 Å². The normalized spacial score (nSPS) is 13.2. The molecule has 6 nitrogen and oxygen atoms in total. The van der Waals surface area contributed by atoms with Gasteiger partial charge in [0.15, 0.2) is 5.16 Å². The lowest BCUT2D eigenvalue weighted by molar-refractivity contribution is -0.129. The van der Waals surface area contributed by atoms with E-state index in [1.807, 2.05) is 62.4 Å². The van der Waals surface area contributed by atoms with Gasteiger partial charge >= 0.3 is 0 Å². The van der Waals surface area contributed by atoms with Gasteiger partial charge in [-0.05, 0) is 31.5 Å². The zero-order valence-electron chi connectivity index (χ0n) is 17.7. The van der Waals surface area contributed by atoms with Crippen molar-refractivity contribution in [3.8, 4) is 0 Å². The van der Waals surface area contributed by atoms with Gasteiger partial charge in [0.2, 0.25) is 5.91 Å². The molecule has 2 aromatic carbocycles. The van der Waals surface area contributed by atoms with E-state index in [4.69, 9.17) is 9.72 Å². The highest BCUT2D eigenvalue weighted by Crippen LogP contribution is 2.26. The molecule has 2 unspecified atom stereocenters. The number of amides is 1. The Balaban J connectivity index is 1.88. The van der Waals surface area contributed by atoms with Crippen molar-refractivity contribution in [2.45, 2.75) is 36.8 Å². The maximum atomic E-state index is 13.2. The number of carbonyl (C=O) groups is 1. The van der Waals surface area contributed by atoms with Crippen molar-refractivity contribution in [1.29, 1.82) is 0 Å². The van der Waals surface area contributed by atoms with Crippen LogP contribution in [-0.4, -0.2) is 46.4 Å². The number of rotatable bonds is 8. The summed E-state index contributed by atoms with van der Waals surface area (Å²) in [7, 11) is 3.40. The molecule has 0 bridgehead atoms. The number of benzene rings is 2.